The van der Waals surface area contributed by atoms with Gasteiger partial charge in [-0.2, -0.15) is 0 Å². The minimum Gasteiger partial charge on any atom is -0.480 e. The average Bonchev–Trinajstić information content (AvgIpc) is 3.93. The zero-order valence-electron chi connectivity index (χ0n) is 27.1. The second kappa shape index (κ2) is 15.6. The van der Waals surface area contributed by atoms with Crippen LogP contribution in [0.25, 0.3) is 0 Å². The fourth-order valence-electron chi connectivity index (χ4n) is 7.77. The highest BCUT2D eigenvalue weighted by Crippen LogP contribution is 2.29. The number of aliphatic hydroxyl groups is 2. The van der Waals surface area contributed by atoms with E-state index in [0.29, 0.717) is 57.9 Å². The molecular formula is C31H47N7O10. The first-order valence-electron chi connectivity index (χ1n) is 17.1. The number of amides is 6. The van der Waals surface area contributed by atoms with E-state index in [4.69, 9.17) is 0 Å². The molecule has 5 aliphatic rings. The third-order valence-electron chi connectivity index (χ3n) is 10.3. The summed E-state index contributed by atoms with van der Waals surface area (Å²) < 4.78 is 0. The van der Waals surface area contributed by atoms with Gasteiger partial charge in [-0.05, 0) is 70.8 Å². The first-order valence-corrected chi connectivity index (χ1v) is 17.1. The lowest BCUT2D eigenvalue weighted by molar-refractivity contribution is -0.152. The molecular weight excluding hydrogens is 630 g/mol. The smallest absolute Gasteiger partial charge is 0.326 e. The molecule has 48 heavy (non-hydrogen) atoms. The Balaban J connectivity index is 1.22. The molecule has 5 fully saturated rings. The standard InChI is InChI=1S/C31H47N7O10/c39-16-19(33-25(41)18-6-1-11-32-18)27(43)36-13-3-8-22(36)30(46)37-14-4-9-23(37)29(45)35-12-2-7-21(35)26(42)34-20(17-40)28(44)38-15-5-10-24(38)31(47)48/h18-24,32,39-40H,1-17H2,(H,33,41)(H,34,42)(H,47,48)/t18-,19-,20-,21-,22-,23-,24-/m0/s1. The highest BCUT2D eigenvalue weighted by atomic mass is 16.4. The van der Waals surface area contributed by atoms with E-state index in [1.54, 1.807) is 0 Å². The summed E-state index contributed by atoms with van der Waals surface area (Å²) in [5.41, 5.74) is 0. The molecule has 0 unspecified atom stereocenters. The number of hydrogen-bond donors (Lipinski definition) is 6. The van der Waals surface area contributed by atoms with Crippen LogP contribution in [0.1, 0.15) is 64.2 Å². The molecule has 5 heterocycles. The molecule has 17 nitrogen and oxygen atoms in total. The van der Waals surface area contributed by atoms with E-state index in [-0.39, 0.29) is 38.5 Å². The molecule has 0 aromatic carbocycles. The number of nitrogens with zero attached hydrogens (tertiary/aromatic N) is 4. The van der Waals surface area contributed by atoms with Crippen LogP contribution in [0, 0.1) is 0 Å². The van der Waals surface area contributed by atoms with Crippen molar-refractivity contribution in [3.05, 3.63) is 0 Å². The van der Waals surface area contributed by atoms with Gasteiger partial charge >= 0.3 is 5.97 Å². The highest BCUT2D eigenvalue weighted by molar-refractivity contribution is 5.98. The van der Waals surface area contributed by atoms with Gasteiger partial charge < -0.3 is 50.9 Å². The summed E-state index contributed by atoms with van der Waals surface area (Å²) in [6, 6.07) is -6.72. The summed E-state index contributed by atoms with van der Waals surface area (Å²) >= 11 is 0. The van der Waals surface area contributed by atoms with Crippen molar-refractivity contribution in [1.29, 1.82) is 0 Å². The lowest BCUT2D eigenvalue weighted by Crippen LogP contribution is -2.59. The molecule has 266 valence electrons. The van der Waals surface area contributed by atoms with Crippen molar-refractivity contribution in [2.45, 2.75) is 107 Å². The number of aliphatic carboxylic acids is 1. The van der Waals surface area contributed by atoms with Gasteiger partial charge in [0.1, 0.15) is 36.3 Å². The van der Waals surface area contributed by atoms with Crippen molar-refractivity contribution in [3.63, 3.8) is 0 Å². The average molecular weight is 678 g/mol. The van der Waals surface area contributed by atoms with Crippen molar-refractivity contribution in [2.75, 3.05) is 45.9 Å². The van der Waals surface area contributed by atoms with Gasteiger partial charge in [0.15, 0.2) is 0 Å². The Labute approximate surface area is 278 Å². The Hall–Kier alpha value is -3.83. The SMILES string of the molecule is O=C(N[C@@H](CO)C(=O)N1CCC[C@H]1C(=O)N1CCC[C@H]1C(=O)N1CCC[C@H]1C(=O)N[C@@H](CO)C(=O)N1CCC[C@H]1C(=O)O)[C@@H]1CCCN1. The normalized spacial score (nSPS) is 28.4. The van der Waals surface area contributed by atoms with Crippen LogP contribution in [0.4, 0.5) is 0 Å². The summed E-state index contributed by atoms with van der Waals surface area (Å²) in [7, 11) is 0. The second-order valence-corrected chi connectivity index (χ2v) is 13.2. The molecule has 7 atom stereocenters. The maximum Gasteiger partial charge on any atom is 0.326 e. The van der Waals surface area contributed by atoms with Gasteiger partial charge in [-0.3, -0.25) is 28.8 Å². The minimum absolute atomic E-state index is 0.193. The van der Waals surface area contributed by atoms with E-state index in [1.165, 1.54) is 14.7 Å². The molecule has 5 saturated heterocycles. The quantitative estimate of drug-likeness (QED) is 0.127. The van der Waals surface area contributed by atoms with Gasteiger partial charge in [-0.25, -0.2) is 4.79 Å². The van der Waals surface area contributed by atoms with Crippen molar-refractivity contribution in [2.24, 2.45) is 0 Å². The van der Waals surface area contributed by atoms with Crippen LogP contribution in [-0.4, -0.2) is 165 Å². The van der Waals surface area contributed by atoms with E-state index >= 15 is 0 Å². The largest absolute Gasteiger partial charge is 0.480 e. The molecule has 17 heteroatoms. The molecule has 5 rings (SSSR count). The predicted molar refractivity (Wildman–Crippen MR) is 166 cm³/mol. The number of hydrogen-bond acceptors (Lipinski definition) is 10. The Bertz CT molecular complexity index is 1280. The maximum atomic E-state index is 13.9. The number of carboxylic acids is 1. The molecule has 0 aromatic rings. The highest BCUT2D eigenvalue weighted by Gasteiger charge is 2.47. The van der Waals surface area contributed by atoms with Crippen LogP contribution in [0.15, 0.2) is 0 Å². The first kappa shape index (κ1) is 35.5. The van der Waals surface area contributed by atoms with Crippen LogP contribution in [0.5, 0.6) is 0 Å². The third kappa shape index (κ3) is 7.27. The fourth-order valence-corrected chi connectivity index (χ4v) is 7.77. The summed E-state index contributed by atoms with van der Waals surface area (Å²) in [5, 5.41) is 37.5. The monoisotopic (exact) mass is 677 g/mol. The van der Waals surface area contributed by atoms with Gasteiger partial charge in [0, 0.05) is 26.2 Å². The summed E-state index contributed by atoms with van der Waals surface area (Å²) in [6.45, 7) is 0.314. The molecule has 5 aliphatic heterocycles. The minimum atomic E-state index is -1.37. The molecule has 0 aromatic heterocycles. The van der Waals surface area contributed by atoms with Crippen molar-refractivity contribution >= 4 is 41.4 Å². The molecule has 0 spiro atoms. The molecule has 6 amide bonds. The molecule has 0 aliphatic carbocycles. The lowest BCUT2D eigenvalue weighted by Gasteiger charge is -2.35. The zero-order valence-corrected chi connectivity index (χ0v) is 27.1. The Morgan fingerprint density at radius 2 is 1.02 bits per heavy atom. The van der Waals surface area contributed by atoms with E-state index in [0.717, 1.165) is 11.3 Å². The van der Waals surface area contributed by atoms with Crippen molar-refractivity contribution < 1.29 is 48.9 Å². The molecule has 0 radical (unpaired) electrons. The molecule has 0 bridgehead atoms. The van der Waals surface area contributed by atoms with Crippen LogP contribution in [0.2, 0.25) is 0 Å². The topological polar surface area (TPSA) is 229 Å². The first-order chi connectivity index (χ1) is 23.1. The number of carbonyl (C=O) groups is 7. The van der Waals surface area contributed by atoms with E-state index < -0.39 is 91.0 Å². The van der Waals surface area contributed by atoms with E-state index in [1.807, 2.05) is 0 Å². The van der Waals surface area contributed by atoms with Crippen LogP contribution in [0.3, 0.4) is 0 Å². The van der Waals surface area contributed by atoms with E-state index in [9.17, 15) is 48.9 Å². The number of carbonyl (C=O) groups excluding carboxylic acids is 6. The maximum absolute atomic E-state index is 13.9. The lowest BCUT2D eigenvalue weighted by atomic mass is 10.1. The van der Waals surface area contributed by atoms with E-state index in [2.05, 4.69) is 16.0 Å². The Morgan fingerprint density at radius 1 is 0.583 bits per heavy atom. The summed E-state index contributed by atoms with van der Waals surface area (Å²) in [4.78, 5) is 97.3. The fraction of sp³-hybridized carbons (Fsp3) is 0.774. The number of nitrogens with one attached hydrogen (secondary N) is 3. The third-order valence-corrected chi connectivity index (χ3v) is 10.3. The van der Waals surface area contributed by atoms with Crippen LogP contribution >= 0.6 is 0 Å². The molecule has 0 saturated carbocycles. The number of likely N-dealkylation sites (tertiary alicyclic amines) is 4. The van der Waals surface area contributed by atoms with Crippen molar-refractivity contribution in [3.8, 4) is 0 Å². The van der Waals surface area contributed by atoms with Gasteiger partial charge in [-0.1, -0.05) is 0 Å². The van der Waals surface area contributed by atoms with Gasteiger partial charge in [0.05, 0.1) is 19.3 Å². The predicted octanol–water partition coefficient (Wildman–Crippen LogP) is -3.26. The second-order valence-electron chi connectivity index (χ2n) is 13.2. The Kier molecular flexibility index (Phi) is 11.5. The zero-order chi connectivity index (χ0) is 34.5. The number of aliphatic hydroxyl groups excluding tert-OH is 2. The Morgan fingerprint density at radius 3 is 1.52 bits per heavy atom. The number of carboxylic acid groups (broad SMARTS) is 1. The van der Waals surface area contributed by atoms with Crippen LogP contribution < -0.4 is 16.0 Å². The summed E-state index contributed by atoms with van der Waals surface area (Å²) in [5.74, 6) is -4.27. The van der Waals surface area contributed by atoms with Gasteiger partial charge in [0.25, 0.3) is 0 Å². The number of rotatable bonds is 11. The van der Waals surface area contributed by atoms with Gasteiger partial charge in [0.2, 0.25) is 35.4 Å². The van der Waals surface area contributed by atoms with Crippen LogP contribution in [-0.2, 0) is 33.6 Å². The van der Waals surface area contributed by atoms with Gasteiger partial charge in [-0.15, -0.1) is 0 Å². The van der Waals surface area contributed by atoms with Crippen molar-refractivity contribution in [1.82, 2.24) is 35.6 Å². The molecule has 6 N–H and O–H groups in total. The summed E-state index contributed by atoms with van der Waals surface area (Å²) in [6.07, 6.45) is 4.83.